The number of hydrogen-bond donors (Lipinski definition) is 1. The molecule has 0 spiro atoms. The summed E-state index contributed by atoms with van der Waals surface area (Å²) in [6, 6.07) is 6.06. The maximum absolute atomic E-state index is 6.31. The molecule has 0 amide bonds. The van der Waals surface area contributed by atoms with E-state index in [2.05, 4.69) is 37.1 Å². The molecule has 1 N–H and O–H groups in total. The molecule has 138 valence electrons. The van der Waals surface area contributed by atoms with Crippen molar-refractivity contribution in [1.82, 2.24) is 10.2 Å². The van der Waals surface area contributed by atoms with Crippen LogP contribution in [-0.2, 0) is 10.2 Å². The average molecular weight is 377 g/mol. The van der Waals surface area contributed by atoms with Gasteiger partial charge in [0.2, 0.25) is 0 Å². The molecule has 0 aliphatic carbocycles. The van der Waals surface area contributed by atoms with Gasteiger partial charge in [-0.3, -0.25) is 4.90 Å². The van der Waals surface area contributed by atoms with E-state index in [-0.39, 0.29) is 17.8 Å². The standard InChI is InChI=1S/C18H29ClN2O2.ClH/c1-18(2,3)15-4-5-17(16(19)14-15)23-11-7-20-6-8-21-9-12-22-13-10-21;/h4-5,14,20H,6-13H2,1-3H3;1H. The van der Waals surface area contributed by atoms with Crippen molar-refractivity contribution in [2.75, 3.05) is 52.5 Å². The number of nitrogens with zero attached hydrogens (tertiary/aromatic N) is 1. The molecule has 1 saturated heterocycles. The van der Waals surface area contributed by atoms with E-state index in [1.807, 2.05) is 12.1 Å². The molecule has 1 heterocycles. The molecule has 2 rings (SSSR count). The van der Waals surface area contributed by atoms with Crippen molar-refractivity contribution in [2.24, 2.45) is 0 Å². The van der Waals surface area contributed by atoms with E-state index in [9.17, 15) is 0 Å². The zero-order valence-electron chi connectivity index (χ0n) is 14.9. The van der Waals surface area contributed by atoms with Crippen LogP contribution in [-0.4, -0.2) is 57.4 Å². The summed E-state index contributed by atoms with van der Waals surface area (Å²) < 4.78 is 11.1. The first kappa shape index (κ1) is 21.5. The summed E-state index contributed by atoms with van der Waals surface area (Å²) in [5.74, 6) is 0.759. The van der Waals surface area contributed by atoms with Crippen molar-refractivity contribution in [3.05, 3.63) is 28.8 Å². The van der Waals surface area contributed by atoms with Crippen molar-refractivity contribution in [1.29, 1.82) is 0 Å². The van der Waals surface area contributed by atoms with Gasteiger partial charge in [-0.25, -0.2) is 0 Å². The fraction of sp³-hybridized carbons (Fsp3) is 0.667. The van der Waals surface area contributed by atoms with Crippen LogP contribution in [0.15, 0.2) is 18.2 Å². The second kappa shape index (κ2) is 10.5. The molecule has 0 atom stereocenters. The van der Waals surface area contributed by atoms with Gasteiger partial charge in [0.05, 0.1) is 18.2 Å². The highest BCUT2D eigenvalue weighted by molar-refractivity contribution is 6.32. The van der Waals surface area contributed by atoms with Gasteiger partial charge < -0.3 is 14.8 Å². The SMILES string of the molecule is CC(C)(C)c1ccc(OCCNCCN2CCOCC2)c(Cl)c1.Cl. The molecular formula is C18H30Cl2N2O2. The van der Waals surface area contributed by atoms with Crippen LogP contribution in [0.25, 0.3) is 0 Å². The van der Waals surface area contributed by atoms with Gasteiger partial charge in [0.15, 0.2) is 0 Å². The lowest BCUT2D eigenvalue weighted by Gasteiger charge is -2.26. The third-order valence-electron chi connectivity index (χ3n) is 4.04. The minimum atomic E-state index is 0. The van der Waals surface area contributed by atoms with Crippen molar-refractivity contribution in [2.45, 2.75) is 26.2 Å². The first-order valence-corrected chi connectivity index (χ1v) is 8.78. The summed E-state index contributed by atoms with van der Waals surface area (Å²) in [6.07, 6.45) is 0. The molecule has 0 saturated carbocycles. The highest BCUT2D eigenvalue weighted by atomic mass is 35.5. The molecule has 6 heteroatoms. The molecule has 24 heavy (non-hydrogen) atoms. The van der Waals surface area contributed by atoms with Gasteiger partial charge in [-0.05, 0) is 23.1 Å². The smallest absolute Gasteiger partial charge is 0.137 e. The first-order valence-electron chi connectivity index (χ1n) is 8.40. The molecule has 1 aliphatic heterocycles. The fourth-order valence-corrected chi connectivity index (χ4v) is 2.74. The Balaban J connectivity index is 0.00000288. The van der Waals surface area contributed by atoms with Gasteiger partial charge in [-0.15, -0.1) is 12.4 Å². The van der Waals surface area contributed by atoms with Crippen molar-refractivity contribution >= 4 is 24.0 Å². The Kier molecular flexibility index (Phi) is 9.39. The average Bonchev–Trinajstić information content (AvgIpc) is 2.52. The van der Waals surface area contributed by atoms with E-state index >= 15 is 0 Å². The van der Waals surface area contributed by atoms with E-state index in [4.69, 9.17) is 21.1 Å². The lowest BCUT2D eigenvalue weighted by molar-refractivity contribution is 0.0383. The summed E-state index contributed by atoms with van der Waals surface area (Å²) in [5, 5.41) is 4.09. The monoisotopic (exact) mass is 376 g/mol. The van der Waals surface area contributed by atoms with E-state index in [1.54, 1.807) is 0 Å². The fourth-order valence-electron chi connectivity index (χ4n) is 2.50. The van der Waals surface area contributed by atoms with Gasteiger partial charge in [-0.2, -0.15) is 0 Å². The summed E-state index contributed by atoms with van der Waals surface area (Å²) in [7, 11) is 0. The van der Waals surface area contributed by atoms with Crippen LogP contribution in [0.5, 0.6) is 5.75 Å². The van der Waals surface area contributed by atoms with Gasteiger partial charge in [0.25, 0.3) is 0 Å². The van der Waals surface area contributed by atoms with Crippen LogP contribution in [0.3, 0.4) is 0 Å². The van der Waals surface area contributed by atoms with Gasteiger partial charge in [-0.1, -0.05) is 38.4 Å². The van der Waals surface area contributed by atoms with Crippen molar-refractivity contribution in [3.63, 3.8) is 0 Å². The normalized spacial score (nSPS) is 15.8. The second-order valence-electron chi connectivity index (χ2n) is 6.95. The number of rotatable bonds is 7. The number of nitrogens with one attached hydrogen (secondary N) is 1. The van der Waals surface area contributed by atoms with E-state index < -0.39 is 0 Å². The third-order valence-corrected chi connectivity index (χ3v) is 4.34. The zero-order valence-corrected chi connectivity index (χ0v) is 16.5. The highest BCUT2D eigenvalue weighted by Gasteiger charge is 2.15. The molecule has 1 fully saturated rings. The molecule has 4 nitrogen and oxygen atoms in total. The Bertz CT molecular complexity index is 486. The number of hydrogen-bond acceptors (Lipinski definition) is 4. The number of halogens is 2. The summed E-state index contributed by atoms with van der Waals surface area (Å²) in [5.41, 5.74) is 1.32. The van der Waals surface area contributed by atoms with Gasteiger partial charge in [0, 0.05) is 32.7 Å². The summed E-state index contributed by atoms with van der Waals surface area (Å²) in [6.45, 7) is 13.8. The predicted molar refractivity (Wildman–Crippen MR) is 103 cm³/mol. The largest absolute Gasteiger partial charge is 0.491 e. The molecule has 0 unspecified atom stereocenters. The molecule has 0 aromatic heterocycles. The Morgan fingerprint density at radius 3 is 2.54 bits per heavy atom. The molecule has 1 aromatic carbocycles. The maximum atomic E-state index is 6.31. The van der Waals surface area contributed by atoms with E-state index in [1.165, 1.54) is 5.56 Å². The van der Waals surface area contributed by atoms with Gasteiger partial charge >= 0.3 is 0 Å². The quantitative estimate of drug-likeness (QED) is 0.739. The highest BCUT2D eigenvalue weighted by Crippen LogP contribution is 2.31. The van der Waals surface area contributed by atoms with Crippen LogP contribution < -0.4 is 10.1 Å². The summed E-state index contributed by atoms with van der Waals surface area (Å²) >= 11 is 6.31. The van der Waals surface area contributed by atoms with Crippen molar-refractivity contribution < 1.29 is 9.47 Å². The minimum Gasteiger partial charge on any atom is -0.491 e. The molecule has 0 radical (unpaired) electrons. The van der Waals surface area contributed by atoms with Crippen molar-refractivity contribution in [3.8, 4) is 5.75 Å². The van der Waals surface area contributed by atoms with Crippen LogP contribution in [0, 0.1) is 0 Å². The van der Waals surface area contributed by atoms with E-state index in [0.29, 0.717) is 11.6 Å². The molecule has 1 aromatic rings. The topological polar surface area (TPSA) is 33.7 Å². The maximum Gasteiger partial charge on any atom is 0.137 e. The summed E-state index contributed by atoms with van der Waals surface area (Å²) in [4.78, 5) is 2.42. The van der Waals surface area contributed by atoms with Crippen LogP contribution in [0.4, 0.5) is 0 Å². The Morgan fingerprint density at radius 2 is 1.92 bits per heavy atom. The Morgan fingerprint density at radius 1 is 1.21 bits per heavy atom. The second-order valence-corrected chi connectivity index (χ2v) is 7.35. The number of morpholine rings is 1. The van der Waals surface area contributed by atoms with Crippen LogP contribution in [0.2, 0.25) is 5.02 Å². The Labute approximate surface area is 157 Å². The molecule has 1 aliphatic rings. The van der Waals surface area contributed by atoms with Gasteiger partial charge in [0.1, 0.15) is 12.4 Å². The number of ether oxygens (including phenoxy) is 2. The van der Waals surface area contributed by atoms with E-state index in [0.717, 1.165) is 51.7 Å². The first-order chi connectivity index (χ1) is 11.0. The molecular weight excluding hydrogens is 347 g/mol. The lowest BCUT2D eigenvalue weighted by atomic mass is 9.87. The molecule has 0 bridgehead atoms. The predicted octanol–water partition coefficient (Wildman–Crippen LogP) is 3.36. The van der Waals surface area contributed by atoms with Crippen LogP contribution in [0.1, 0.15) is 26.3 Å². The Hall–Kier alpha value is -0.520. The zero-order chi connectivity index (χ0) is 16.7. The number of benzene rings is 1. The van der Waals surface area contributed by atoms with Crippen LogP contribution >= 0.6 is 24.0 Å². The third kappa shape index (κ3) is 7.16. The minimum absolute atomic E-state index is 0. The lowest BCUT2D eigenvalue weighted by Crippen LogP contribution is -2.40.